The van der Waals surface area contributed by atoms with Crippen LogP contribution in [0.3, 0.4) is 0 Å². The van der Waals surface area contributed by atoms with Crippen LogP contribution in [0.15, 0.2) is 53.0 Å². The molecule has 1 aromatic carbocycles. The third-order valence-corrected chi connectivity index (χ3v) is 5.39. The average Bonchev–Trinajstić information content (AvgIpc) is 3.06. The molecular formula is C15H10FN3O4S2. The summed E-state index contributed by atoms with van der Waals surface area (Å²) >= 11 is 1.11. The van der Waals surface area contributed by atoms with Crippen LogP contribution in [0, 0.1) is 5.82 Å². The lowest BCUT2D eigenvalue weighted by molar-refractivity contribution is 0.0690. The molecule has 0 saturated carbocycles. The van der Waals surface area contributed by atoms with Crippen LogP contribution in [0.1, 0.15) is 10.5 Å². The van der Waals surface area contributed by atoms with E-state index in [1.807, 2.05) is 0 Å². The van der Waals surface area contributed by atoms with Crippen molar-refractivity contribution in [3.8, 4) is 10.6 Å². The minimum atomic E-state index is -3.95. The van der Waals surface area contributed by atoms with E-state index >= 15 is 0 Å². The van der Waals surface area contributed by atoms with Gasteiger partial charge in [-0.25, -0.2) is 19.2 Å². The normalized spacial score (nSPS) is 11.2. The summed E-state index contributed by atoms with van der Waals surface area (Å²) in [5, 5.41) is 10.4. The van der Waals surface area contributed by atoms with Crippen molar-refractivity contribution in [1.82, 2.24) is 9.97 Å². The molecule has 2 heterocycles. The summed E-state index contributed by atoms with van der Waals surface area (Å²) in [7, 11) is -3.95. The van der Waals surface area contributed by atoms with Crippen molar-refractivity contribution < 1.29 is 22.7 Å². The highest BCUT2D eigenvalue weighted by Crippen LogP contribution is 2.26. The fourth-order valence-electron chi connectivity index (χ4n) is 1.90. The van der Waals surface area contributed by atoms with Crippen LogP contribution in [0.4, 0.5) is 10.1 Å². The number of benzene rings is 1. The van der Waals surface area contributed by atoms with Crippen molar-refractivity contribution in [1.29, 1.82) is 0 Å². The fourth-order valence-corrected chi connectivity index (χ4v) is 4.04. The zero-order valence-corrected chi connectivity index (χ0v) is 14.0. The third kappa shape index (κ3) is 3.80. The van der Waals surface area contributed by atoms with Crippen LogP contribution in [-0.2, 0) is 10.0 Å². The second kappa shape index (κ2) is 6.57. The lowest BCUT2D eigenvalue weighted by Crippen LogP contribution is -2.14. The number of thiazole rings is 1. The first-order valence-corrected chi connectivity index (χ1v) is 9.15. The van der Waals surface area contributed by atoms with E-state index in [2.05, 4.69) is 14.7 Å². The van der Waals surface area contributed by atoms with Crippen LogP contribution in [-0.4, -0.2) is 29.5 Å². The van der Waals surface area contributed by atoms with Gasteiger partial charge in [-0.3, -0.25) is 4.72 Å². The van der Waals surface area contributed by atoms with Gasteiger partial charge in [0.15, 0.2) is 5.03 Å². The number of carboxylic acid groups (broad SMARTS) is 1. The molecule has 0 bridgehead atoms. The van der Waals surface area contributed by atoms with Crippen molar-refractivity contribution in [3.05, 3.63) is 59.5 Å². The Labute approximate surface area is 145 Å². The number of nitrogens with one attached hydrogen (secondary N) is 1. The predicted octanol–water partition coefficient (Wildman–Crippen LogP) is 2.84. The van der Waals surface area contributed by atoms with Crippen LogP contribution in [0.25, 0.3) is 10.6 Å². The van der Waals surface area contributed by atoms with E-state index in [0.717, 1.165) is 17.5 Å². The zero-order valence-electron chi connectivity index (χ0n) is 12.4. The van der Waals surface area contributed by atoms with Gasteiger partial charge in [-0.1, -0.05) is 0 Å². The van der Waals surface area contributed by atoms with Gasteiger partial charge in [0.05, 0.1) is 11.9 Å². The number of halogens is 1. The van der Waals surface area contributed by atoms with Crippen molar-refractivity contribution in [2.24, 2.45) is 0 Å². The number of pyridine rings is 1. The molecule has 0 fully saturated rings. The molecule has 128 valence electrons. The first kappa shape index (κ1) is 17.0. The number of nitrogens with zero attached hydrogens (tertiary/aromatic N) is 2. The molecule has 2 aromatic heterocycles. The number of sulfonamides is 1. The van der Waals surface area contributed by atoms with Crippen molar-refractivity contribution in [2.75, 3.05) is 4.72 Å². The number of anilines is 1. The SMILES string of the molecule is O=C(O)c1ccc(NS(=O)(=O)c2csc(-c3ccc(F)cc3)n2)cn1. The number of hydrogen-bond donors (Lipinski definition) is 2. The van der Waals surface area contributed by atoms with Gasteiger partial charge in [-0.05, 0) is 36.4 Å². The molecule has 0 saturated heterocycles. The maximum Gasteiger partial charge on any atom is 0.354 e. The quantitative estimate of drug-likeness (QED) is 0.705. The van der Waals surface area contributed by atoms with Crippen LogP contribution in [0.5, 0.6) is 0 Å². The fraction of sp³-hybridized carbons (Fsp3) is 0. The highest BCUT2D eigenvalue weighted by Gasteiger charge is 2.19. The maximum atomic E-state index is 13.0. The monoisotopic (exact) mass is 379 g/mol. The Hall–Kier alpha value is -2.85. The maximum absolute atomic E-state index is 13.0. The molecule has 0 radical (unpaired) electrons. The van der Waals surface area contributed by atoms with E-state index in [1.165, 1.54) is 41.8 Å². The standard InChI is InChI=1S/C15H10FN3O4S2/c16-10-3-1-9(2-4-10)14-18-13(8-24-14)25(22,23)19-11-5-6-12(15(20)21)17-7-11/h1-8,19H,(H,20,21). The van der Waals surface area contributed by atoms with Crippen molar-refractivity contribution >= 4 is 33.0 Å². The predicted molar refractivity (Wildman–Crippen MR) is 89.5 cm³/mol. The van der Waals surface area contributed by atoms with Gasteiger partial charge in [-0.15, -0.1) is 11.3 Å². The Balaban J connectivity index is 1.83. The van der Waals surface area contributed by atoms with Crippen molar-refractivity contribution in [3.63, 3.8) is 0 Å². The minimum absolute atomic E-state index is 0.112. The van der Waals surface area contributed by atoms with E-state index in [0.29, 0.717) is 10.6 Å². The lowest BCUT2D eigenvalue weighted by atomic mass is 10.2. The Morgan fingerprint density at radius 2 is 1.88 bits per heavy atom. The van der Waals surface area contributed by atoms with Gasteiger partial charge in [-0.2, -0.15) is 8.42 Å². The van der Waals surface area contributed by atoms with Gasteiger partial charge in [0.2, 0.25) is 0 Å². The molecule has 3 rings (SSSR count). The molecule has 0 aliphatic carbocycles. The smallest absolute Gasteiger partial charge is 0.354 e. The zero-order chi connectivity index (χ0) is 18.0. The van der Waals surface area contributed by atoms with E-state index in [4.69, 9.17) is 5.11 Å². The summed E-state index contributed by atoms with van der Waals surface area (Å²) in [6.07, 6.45) is 1.11. The lowest BCUT2D eigenvalue weighted by Gasteiger charge is -2.05. The molecule has 0 amide bonds. The van der Waals surface area contributed by atoms with Gasteiger partial charge in [0.25, 0.3) is 10.0 Å². The summed E-state index contributed by atoms with van der Waals surface area (Å²) in [5.74, 6) is -1.61. The molecule has 0 unspecified atom stereocenters. The second-order valence-electron chi connectivity index (χ2n) is 4.84. The number of aromatic nitrogens is 2. The summed E-state index contributed by atoms with van der Waals surface area (Å²) in [5.41, 5.74) is 0.511. The van der Waals surface area contributed by atoms with Gasteiger partial charge in [0.1, 0.15) is 16.5 Å². The Kier molecular flexibility index (Phi) is 4.47. The first-order chi connectivity index (χ1) is 11.8. The molecule has 3 aromatic rings. The number of aromatic carboxylic acids is 1. The Morgan fingerprint density at radius 3 is 2.48 bits per heavy atom. The van der Waals surface area contributed by atoms with E-state index < -0.39 is 21.8 Å². The molecule has 0 spiro atoms. The number of rotatable bonds is 5. The molecule has 2 N–H and O–H groups in total. The van der Waals surface area contributed by atoms with E-state index in [-0.39, 0.29) is 16.4 Å². The molecule has 0 atom stereocenters. The Morgan fingerprint density at radius 1 is 1.16 bits per heavy atom. The van der Waals surface area contributed by atoms with Crippen LogP contribution >= 0.6 is 11.3 Å². The largest absolute Gasteiger partial charge is 0.477 e. The average molecular weight is 379 g/mol. The number of hydrogen-bond acceptors (Lipinski definition) is 6. The van der Waals surface area contributed by atoms with Crippen LogP contribution < -0.4 is 4.72 Å². The highest BCUT2D eigenvalue weighted by atomic mass is 32.2. The molecule has 25 heavy (non-hydrogen) atoms. The van der Waals surface area contributed by atoms with Gasteiger partial charge >= 0.3 is 5.97 Å². The van der Waals surface area contributed by atoms with E-state index in [9.17, 15) is 17.6 Å². The summed E-state index contributed by atoms with van der Waals surface area (Å²) in [6, 6.07) is 8.02. The number of carbonyl (C=O) groups is 1. The molecule has 0 aliphatic rings. The summed E-state index contributed by atoms with van der Waals surface area (Å²) in [6.45, 7) is 0. The van der Waals surface area contributed by atoms with Crippen molar-refractivity contribution in [2.45, 2.75) is 5.03 Å². The van der Waals surface area contributed by atoms with Gasteiger partial charge in [0, 0.05) is 10.9 Å². The molecule has 7 nitrogen and oxygen atoms in total. The minimum Gasteiger partial charge on any atom is -0.477 e. The highest BCUT2D eigenvalue weighted by molar-refractivity contribution is 7.92. The Bertz CT molecular complexity index is 1020. The topological polar surface area (TPSA) is 109 Å². The first-order valence-electron chi connectivity index (χ1n) is 6.79. The third-order valence-electron chi connectivity index (χ3n) is 3.08. The summed E-state index contributed by atoms with van der Waals surface area (Å²) < 4.78 is 39.9. The second-order valence-corrected chi connectivity index (χ2v) is 7.33. The van der Waals surface area contributed by atoms with E-state index in [1.54, 1.807) is 0 Å². The molecular weight excluding hydrogens is 369 g/mol. The summed E-state index contributed by atoms with van der Waals surface area (Å²) in [4.78, 5) is 18.4. The number of carboxylic acids is 1. The van der Waals surface area contributed by atoms with Crippen LogP contribution in [0.2, 0.25) is 0 Å². The molecule has 10 heteroatoms. The van der Waals surface area contributed by atoms with Gasteiger partial charge < -0.3 is 5.11 Å². The molecule has 0 aliphatic heterocycles.